The largest absolute Gasteiger partial charge is 0.480 e. The number of rotatable bonds is 10. The summed E-state index contributed by atoms with van der Waals surface area (Å²) in [6.45, 7) is 3.82. The van der Waals surface area contributed by atoms with Crippen LogP contribution in [0.5, 0.6) is 0 Å². The van der Waals surface area contributed by atoms with Gasteiger partial charge in [0, 0.05) is 31.2 Å². The lowest BCUT2D eigenvalue weighted by Gasteiger charge is -2.17. The smallest absolute Gasteiger partial charge is 0.323 e. The Balaban J connectivity index is 1.56. The molecule has 8 nitrogen and oxygen atoms in total. The van der Waals surface area contributed by atoms with Crippen LogP contribution in [-0.4, -0.2) is 46.8 Å². The van der Waals surface area contributed by atoms with E-state index in [0.717, 1.165) is 57.6 Å². The lowest BCUT2D eigenvalue weighted by atomic mass is 9.94. The number of carboxylic acid groups (broad SMARTS) is 1. The number of carbonyl (C=O) groups is 2. The Morgan fingerprint density at radius 3 is 2.28 bits per heavy atom. The fraction of sp³-hybridized carbons (Fsp3) is 0.321. The Morgan fingerprint density at radius 1 is 1.06 bits per heavy atom. The average Bonchev–Trinajstić information content (AvgIpc) is 3.71. The first kappa shape index (κ1) is 25.3. The van der Waals surface area contributed by atoms with Crippen LogP contribution in [0.3, 0.4) is 0 Å². The monoisotopic (exact) mass is 488 g/mol. The van der Waals surface area contributed by atoms with E-state index in [1.807, 2.05) is 38.2 Å². The molecule has 2 aromatic carbocycles. The summed E-state index contributed by atoms with van der Waals surface area (Å²) in [4.78, 5) is 28.7. The summed E-state index contributed by atoms with van der Waals surface area (Å²) < 4.78 is 0. The van der Waals surface area contributed by atoms with Gasteiger partial charge in [0.2, 0.25) is 0 Å². The Hall–Kier alpha value is -3.75. The van der Waals surface area contributed by atoms with Gasteiger partial charge in [-0.15, -0.1) is 0 Å². The van der Waals surface area contributed by atoms with Gasteiger partial charge < -0.3 is 20.8 Å². The molecule has 0 spiro atoms. The van der Waals surface area contributed by atoms with Gasteiger partial charge in [-0.25, -0.2) is 0 Å². The summed E-state index contributed by atoms with van der Waals surface area (Å²) in [5, 5.41) is 27.5. The van der Waals surface area contributed by atoms with Gasteiger partial charge in [0.15, 0.2) is 0 Å². The summed E-state index contributed by atoms with van der Waals surface area (Å²) in [5.74, 6) is -1.07. The third-order valence-corrected chi connectivity index (χ3v) is 6.77. The predicted octanol–water partition coefficient (Wildman–Crippen LogP) is 4.07. The molecule has 0 bridgehead atoms. The average molecular weight is 489 g/mol. The highest BCUT2D eigenvalue weighted by molar-refractivity contribution is 6.04. The van der Waals surface area contributed by atoms with E-state index in [0.29, 0.717) is 11.6 Å². The molecule has 1 amide bonds. The van der Waals surface area contributed by atoms with Crippen LogP contribution in [0, 0.1) is 13.8 Å². The normalized spacial score (nSPS) is 13.8. The highest BCUT2D eigenvalue weighted by Gasteiger charge is 2.28. The minimum Gasteiger partial charge on any atom is -0.480 e. The number of pyridine rings is 1. The Morgan fingerprint density at radius 2 is 1.69 bits per heavy atom. The van der Waals surface area contributed by atoms with Gasteiger partial charge in [-0.1, -0.05) is 24.3 Å². The van der Waals surface area contributed by atoms with Crippen molar-refractivity contribution in [3.05, 3.63) is 76.6 Å². The van der Waals surface area contributed by atoms with Gasteiger partial charge in [-0.3, -0.25) is 19.9 Å². The number of hydrogen-bond acceptors (Lipinski definition) is 6. The molecule has 188 valence electrons. The van der Waals surface area contributed by atoms with E-state index in [2.05, 4.69) is 40.0 Å². The van der Waals surface area contributed by atoms with E-state index in [1.165, 1.54) is 0 Å². The molecule has 4 rings (SSSR count). The zero-order chi connectivity index (χ0) is 25.8. The number of aliphatic hydroxyl groups is 1. The number of aromatic nitrogens is 1. The van der Waals surface area contributed by atoms with Crippen LogP contribution < -0.4 is 16.0 Å². The Kier molecular flexibility index (Phi) is 7.67. The number of aliphatic hydroxyl groups excluding tert-OH is 1. The minimum absolute atomic E-state index is 0.254. The van der Waals surface area contributed by atoms with E-state index in [1.54, 1.807) is 12.3 Å². The Labute approximate surface area is 210 Å². The van der Waals surface area contributed by atoms with Crippen LogP contribution in [0.25, 0.3) is 11.1 Å². The molecule has 1 aliphatic carbocycles. The van der Waals surface area contributed by atoms with E-state index < -0.39 is 18.6 Å². The van der Waals surface area contributed by atoms with Crippen LogP contribution in [0.2, 0.25) is 0 Å². The molecule has 5 N–H and O–H groups in total. The number of benzene rings is 2. The number of hydrogen-bond donors (Lipinski definition) is 5. The minimum atomic E-state index is -1.11. The summed E-state index contributed by atoms with van der Waals surface area (Å²) in [5.41, 5.74) is 8.18. The highest BCUT2D eigenvalue weighted by atomic mass is 16.4. The van der Waals surface area contributed by atoms with Crippen molar-refractivity contribution in [2.75, 3.05) is 24.3 Å². The first-order valence-electron chi connectivity index (χ1n) is 12.1. The summed E-state index contributed by atoms with van der Waals surface area (Å²) in [6, 6.07) is 12.7. The van der Waals surface area contributed by atoms with Crippen molar-refractivity contribution < 1.29 is 19.8 Å². The first-order chi connectivity index (χ1) is 17.3. The topological polar surface area (TPSA) is 124 Å². The summed E-state index contributed by atoms with van der Waals surface area (Å²) in [6.07, 6.45) is 3.67. The second kappa shape index (κ2) is 10.9. The van der Waals surface area contributed by atoms with Gasteiger partial charge in [-0.2, -0.15) is 0 Å². The molecule has 0 radical (unpaired) electrons. The standard InChI is InChI=1S/C28H32N4O4/c1-16-20(6-4-8-23(16)29-3)21-7-5-9-24(17(21)2)32-27(34)25-12-22(18-10-11-18)19(13-30-25)14-31-26(15-33)28(35)36/h4-9,12-13,18,26,29,31,33H,10-11,14-15H2,1-3H3,(H,32,34)(H,35,36). The van der Waals surface area contributed by atoms with Crippen molar-refractivity contribution >= 4 is 23.3 Å². The molecule has 1 heterocycles. The van der Waals surface area contributed by atoms with E-state index in [4.69, 9.17) is 5.11 Å². The number of nitrogens with zero attached hydrogens (tertiary/aromatic N) is 1. The van der Waals surface area contributed by atoms with Crippen molar-refractivity contribution in [3.8, 4) is 11.1 Å². The van der Waals surface area contributed by atoms with Crippen LogP contribution in [0.15, 0.2) is 48.7 Å². The number of amides is 1. The molecule has 1 aliphatic rings. The van der Waals surface area contributed by atoms with Crippen LogP contribution in [0.1, 0.15) is 51.5 Å². The maximum absolute atomic E-state index is 13.2. The fourth-order valence-corrected chi connectivity index (χ4v) is 4.46. The molecule has 1 aromatic heterocycles. The lowest BCUT2D eigenvalue weighted by molar-refractivity contribution is -0.140. The second-order valence-electron chi connectivity index (χ2n) is 9.16. The number of aliphatic carboxylic acids is 1. The molecule has 3 aromatic rings. The van der Waals surface area contributed by atoms with Crippen LogP contribution >= 0.6 is 0 Å². The number of carbonyl (C=O) groups excluding carboxylic acids is 1. The zero-order valence-electron chi connectivity index (χ0n) is 20.8. The molecule has 8 heteroatoms. The quantitative estimate of drug-likeness (QED) is 0.291. The van der Waals surface area contributed by atoms with Gasteiger partial charge in [0.05, 0.1) is 6.61 Å². The molecule has 1 atom stereocenters. The van der Waals surface area contributed by atoms with Crippen molar-refractivity contribution in [1.82, 2.24) is 10.3 Å². The van der Waals surface area contributed by atoms with Gasteiger partial charge in [0.25, 0.3) is 5.91 Å². The van der Waals surface area contributed by atoms with E-state index >= 15 is 0 Å². The van der Waals surface area contributed by atoms with Gasteiger partial charge >= 0.3 is 5.97 Å². The van der Waals surface area contributed by atoms with Crippen LogP contribution in [0.4, 0.5) is 11.4 Å². The molecule has 1 fully saturated rings. The first-order valence-corrected chi connectivity index (χ1v) is 12.1. The lowest BCUT2D eigenvalue weighted by Crippen LogP contribution is -2.39. The summed E-state index contributed by atoms with van der Waals surface area (Å²) >= 11 is 0. The van der Waals surface area contributed by atoms with Crippen molar-refractivity contribution in [3.63, 3.8) is 0 Å². The SMILES string of the molecule is CNc1cccc(-c2cccc(NC(=O)c3cc(C4CC4)c(CNC(CO)C(=O)O)cn3)c2C)c1C. The third-order valence-electron chi connectivity index (χ3n) is 6.77. The fourth-order valence-electron chi connectivity index (χ4n) is 4.46. The molecule has 0 aliphatic heterocycles. The van der Waals surface area contributed by atoms with Gasteiger partial charge in [-0.05, 0) is 84.2 Å². The van der Waals surface area contributed by atoms with Crippen molar-refractivity contribution in [1.29, 1.82) is 0 Å². The molecule has 0 saturated heterocycles. The van der Waals surface area contributed by atoms with E-state index in [9.17, 15) is 14.7 Å². The number of anilines is 2. The highest BCUT2D eigenvalue weighted by Crippen LogP contribution is 2.42. The van der Waals surface area contributed by atoms with Gasteiger partial charge in [0.1, 0.15) is 11.7 Å². The zero-order valence-corrected chi connectivity index (χ0v) is 20.8. The third kappa shape index (κ3) is 5.40. The summed E-state index contributed by atoms with van der Waals surface area (Å²) in [7, 11) is 1.90. The van der Waals surface area contributed by atoms with E-state index in [-0.39, 0.29) is 12.5 Å². The van der Waals surface area contributed by atoms with Crippen molar-refractivity contribution in [2.45, 2.75) is 45.2 Å². The second-order valence-corrected chi connectivity index (χ2v) is 9.16. The number of carboxylic acids is 1. The van der Waals surface area contributed by atoms with Crippen molar-refractivity contribution in [2.24, 2.45) is 0 Å². The molecule has 1 saturated carbocycles. The maximum Gasteiger partial charge on any atom is 0.323 e. The predicted molar refractivity (Wildman–Crippen MR) is 140 cm³/mol. The number of nitrogens with one attached hydrogen (secondary N) is 3. The Bertz CT molecular complexity index is 1290. The van der Waals surface area contributed by atoms with Crippen LogP contribution in [-0.2, 0) is 11.3 Å². The molecular weight excluding hydrogens is 456 g/mol. The maximum atomic E-state index is 13.2. The molecule has 1 unspecified atom stereocenters. The molecule has 36 heavy (non-hydrogen) atoms. The molecular formula is C28H32N4O4.